The van der Waals surface area contributed by atoms with Gasteiger partial charge in [0, 0.05) is 19.6 Å². The molecule has 6 nitrogen and oxygen atoms in total. The van der Waals surface area contributed by atoms with Gasteiger partial charge in [-0.15, -0.1) is 0 Å². The van der Waals surface area contributed by atoms with E-state index in [1.54, 1.807) is 12.1 Å². The smallest absolute Gasteiger partial charge is 0.267 e. The molecule has 0 spiro atoms. The molecule has 2 rings (SSSR count). The van der Waals surface area contributed by atoms with Crippen LogP contribution >= 0.6 is 0 Å². The highest BCUT2D eigenvalue weighted by Gasteiger charge is 2.23. The Hall–Kier alpha value is -1.82. The normalized spacial score (nSPS) is 20.2. The fourth-order valence-corrected chi connectivity index (χ4v) is 2.51. The van der Waals surface area contributed by atoms with Crippen LogP contribution in [0.3, 0.4) is 0 Å². The first-order chi connectivity index (χ1) is 8.99. The van der Waals surface area contributed by atoms with Crippen LogP contribution in [0, 0.1) is 0 Å². The SMILES string of the molecule is CN1CCCC(N(C)c2nc(C(N)=O)ccc2N)C1. The molecule has 2 heterocycles. The number of carbonyl (C=O) groups excluding carboxylic acids is 1. The Morgan fingerprint density at radius 3 is 2.89 bits per heavy atom. The Morgan fingerprint density at radius 2 is 2.26 bits per heavy atom. The average molecular weight is 263 g/mol. The molecule has 1 aliphatic heterocycles. The zero-order valence-corrected chi connectivity index (χ0v) is 11.5. The van der Waals surface area contributed by atoms with Crippen LogP contribution in [-0.2, 0) is 0 Å². The highest BCUT2D eigenvalue weighted by atomic mass is 16.1. The number of aromatic nitrogens is 1. The topological polar surface area (TPSA) is 88.5 Å². The zero-order chi connectivity index (χ0) is 14.0. The predicted molar refractivity (Wildman–Crippen MR) is 76.1 cm³/mol. The summed E-state index contributed by atoms with van der Waals surface area (Å²) in [4.78, 5) is 19.8. The highest BCUT2D eigenvalue weighted by molar-refractivity contribution is 5.91. The molecule has 1 aromatic heterocycles. The van der Waals surface area contributed by atoms with Crippen LogP contribution < -0.4 is 16.4 Å². The third-order valence-electron chi connectivity index (χ3n) is 3.64. The van der Waals surface area contributed by atoms with E-state index in [-0.39, 0.29) is 5.69 Å². The molecule has 1 saturated heterocycles. The third kappa shape index (κ3) is 2.96. The van der Waals surface area contributed by atoms with Crippen molar-refractivity contribution in [2.45, 2.75) is 18.9 Å². The van der Waals surface area contributed by atoms with Crippen molar-refractivity contribution < 1.29 is 4.79 Å². The molecule has 104 valence electrons. The summed E-state index contributed by atoms with van der Waals surface area (Å²) in [7, 11) is 4.07. The van der Waals surface area contributed by atoms with Gasteiger partial charge in [-0.25, -0.2) is 4.98 Å². The second-order valence-corrected chi connectivity index (χ2v) is 5.14. The van der Waals surface area contributed by atoms with Crippen LogP contribution in [0.15, 0.2) is 12.1 Å². The molecule has 1 aromatic rings. The number of hydrogen-bond donors (Lipinski definition) is 2. The van der Waals surface area contributed by atoms with E-state index in [9.17, 15) is 4.79 Å². The minimum Gasteiger partial charge on any atom is -0.396 e. The molecule has 1 unspecified atom stereocenters. The summed E-state index contributed by atoms with van der Waals surface area (Å²) in [6, 6.07) is 3.60. The Labute approximate surface area is 113 Å². The lowest BCUT2D eigenvalue weighted by Crippen LogP contribution is -2.45. The Bertz CT molecular complexity index is 476. The first-order valence-corrected chi connectivity index (χ1v) is 6.46. The largest absolute Gasteiger partial charge is 0.396 e. The van der Waals surface area contributed by atoms with Crippen molar-refractivity contribution in [2.75, 3.05) is 37.8 Å². The Kier molecular flexibility index (Phi) is 3.90. The number of rotatable bonds is 3. The lowest BCUT2D eigenvalue weighted by molar-refractivity contribution is 0.0995. The van der Waals surface area contributed by atoms with Gasteiger partial charge in [-0.3, -0.25) is 4.79 Å². The van der Waals surface area contributed by atoms with E-state index in [2.05, 4.69) is 21.8 Å². The minimum absolute atomic E-state index is 0.250. The Balaban J connectivity index is 2.24. The van der Waals surface area contributed by atoms with Gasteiger partial charge < -0.3 is 21.3 Å². The van der Waals surface area contributed by atoms with Gasteiger partial charge >= 0.3 is 0 Å². The number of hydrogen-bond acceptors (Lipinski definition) is 5. The van der Waals surface area contributed by atoms with Gasteiger partial charge in [0.15, 0.2) is 5.82 Å². The molecule has 1 amide bonds. The van der Waals surface area contributed by atoms with E-state index in [4.69, 9.17) is 11.5 Å². The molecule has 0 aliphatic carbocycles. The summed E-state index contributed by atoms with van der Waals surface area (Å²) >= 11 is 0. The Morgan fingerprint density at radius 1 is 1.53 bits per heavy atom. The number of anilines is 2. The summed E-state index contributed by atoms with van der Waals surface area (Å²) in [6.07, 6.45) is 2.25. The van der Waals surface area contributed by atoms with Crippen LogP contribution in [-0.4, -0.2) is 49.0 Å². The number of likely N-dealkylation sites (tertiary alicyclic amines) is 1. The van der Waals surface area contributed by atoms with Crippen LogP contribution in [0.25, 0.3) is 0 Å². The van der Waals surface area contributed by atoms with Crippen molar-refractivity contribution in [3.63, 3.8) is 0 Å². The minimum atomic E-state index is -0.532. The van der Waals surface area contributed by atoms with Crippen LogP contribution in [0.1, 0.15) is 23.3 Å². The number of nitrogens with zero attached hydrogens (tertiary/aromatic N) is 3. The van der Waals surface area contributed by atoms with E-state index in [1.165, 1.54) is 0 Å². The molecule has 4 N–H and O–H groups in total. The number of nitrogens with two attached hydrogens (primary N) is 2. The first-order valence-electron chi connectivity index (χ1n) is 6.46. The van der Waals surface area contributed by atoms with E-state index in [1.807, 2.05) is 7.05 Å². The molecule has 0 bridgehead atoms. The van der Waals surface area contributed by atoms with Crippen molar-refractivity contribution in [1.29, 1.82) is 0 Å². The number of primary amides is 1. The van der Waals surface area contributed by atoms with Crippen LogP contribution in [0.5, 0.6) is 0 Å². The standard InChI is InChI=1S/C13H21N5O/c1-17-7-3-4-9(8-17)18(2)13-10(14)5-6-11(16-13)12(15)19/h5-6,9H,3-4,7-8,14H2,1-2H3,(H2,15,19). The van der Waals surface area contributed by atoms with Gasteiger partial charge in [0.25, 0.3) is 5.91 Å². The van der Waals surface area contributed by atoms with Crippen molar-refractivity contribution in [2.24, 2.45) is 5.73 Å². The van der Waals surface area contributed by atoms with Gasteiger partial charge in [0.05, 0.1) is 5.69 Å². The number of amides is 1. The fourth-order valence-electron chi connectivity index (χ4n) is 2.51. The zero-order valence-electron chi connectivity index (χ0n) is 11.5. The molecule has 1 fully saturated rings. The van der Waals surface area contributed by atoms with Crippen molar-refractivity contribution >= 4 is 17.4 Å². The molecular formula is C13H21N5O. The number of likely N-dealkylation sites (N-methyl/N-ethyl adjacent to an activating group) is 2. The monoisotopic (exact) mass is 263 g/mol. The van der Waals surface area contributed by atoms with Gasteiger partial charge in [0.2, 0.25) is 0 Å². The molecule has 0 radical (unpaired) electrons. The number of carbonyl (C=O) groups is 1. The van der Waals surface area contributed by atoms with Gasteiger partial charge in [-0.1, -0.05) is 0 Å². The quantitative estimate of drug-likeness (QED) is 0.818. The van der Waals surface area contributed by atoms with E-state index < -0.39 is 5.91 Å². The van der Waals surface area contributed by atoms with Crippen molar-refractivity contribution in [1.82, 2.24) is 9.88 Å². The predicted octanol–water partition coefficient (Wildman–Crippen LogP) is 0.293. The summed E-state index contributed by atoms with van der Waals surface area (Å²) in [5.41, 5.74) is 12.0. The lowest BCUT2D eigenvalue weighted by atomic mass is 10.0. The lowest BCUT2D eigenvalue weighted by Gasteiger charge is -2.36. The van der Waals surface area contributed by atoms with Crippen LogP contribution in [0.4, 0.5) is 11.5 Å². The number of nitrogen functional groups attached to an aromatic ring is 1. The number of piperidine rings is 1. The van der Waals surface area contributed by atoms with E-state index >= 15 is 0 Å². The molecule has 0 saturated carbocycles. The molecule has 19 heavy (non-hydrogen) atoms. The molecule has 0 aromatic carbocycles. The first kappa shape index (κ1) is 13.6. The fraction of sp³-hybridized carbons (Fsp3) is 0.538. The average Bonchev–Trinajstić information content (AvgIpc) is 2.38. The molecule has 1 atom stereocenters. The van der Waals surface area contributed by atoms with E-state index in [0.29, 0.717) is 17.5 Å². The maximum atomic E-state index is 11.2. The van der Waals surface area contributed by atoms with Gasteiger partial charge in [-0.2, -0.15) is 0 Å². The summed E-state index contributed by atoms with van der Waals surface area (Å²) in [5.74, 6) is 0.104. The summed E-state index contributed by atoms with van der Waals surface area (Å²) < 4.78 is 0. The summed E-state index contributed by atoms with van der Waals surface area (Å²) in [5, 5.41) is 0. The van der Waals surface area contributed by atoms with Crippen molar-refractivity contribution in [3.05, 3.63) is 17.8 Å². The molecule has 6 heteroatoms. The summed E-state index contributed by atoms with van der Waals surface area (Å²) in [6.45, 7) is 2.09. The van der Waals surface area contributed by atoms with E-state index in [0.717, 1.165) is 25.9 Å². The second kappa shape index (κ2) is 5.44. The molecular weight excluding hydrogens is 242 g/mol. The van der Waals surface area contributed by atoms with Crippen LogP contribution in [0.2, 0.25) is 0 Å². The molecule has 1 aliphatic rings. The second-order valence-electron chi connectivity index (χ2n) is 5.14. The maximum Gasteiger partial charge on any atom is 0.267 e. The van der Waals surface area contributed by atoms with Gasteiger partial charge in [0.1, 0.15) is 5.69 Å². The maximum absolute atomic E-state index is 11.2. The van der Waals surface area contributed by atoms with Crippen molar-refractivity contribution in [3.8, 4) is 0 Å². The highest BCUT2D eigenvalue weighted by Crippen LogP contribution is 2.24. The number of pyridine rings is 1. The van der Waals surface area contributed by atoms with Gasteiger partial charge in [-0.05, 0) is 38.6 Å². The third-order valence-corrected chi connectivity index (χ3v) is 3.64.